The highest BCUT2D eigenvalue weighted by atomic mass is 79.9. The number of rotatable bonds is 3. The van der Waals surface area contributed by atoms with Gasteiger partial charge in [0.1, 0.15) is 6.07 Å². The zero-order valence-corrected chi connectivity index (χ0v) is 13.3. The van der Waals surface area contributed by atoms with Gasteiger partial charge in [-0.2, -0.15) is 5.26 Å². The van der Waals surface area contributed by atoms with Crippen molar-refractivity contribution in [3.8, 4) is 6.07 Å². The molecule has 0 atom stereocenters. The van der Waals surface area contributed by atoms with Crippen LogP contribution in [-0.4, -0.2) is 13.0 Å². The molecule has 2 aromatic carbocycles. The van der Waals surface area contributed by atoms with Crippen molar-refractivity contribution in [2.75, 3.05) is 17.7 Å². The van der Waals surface area contributed by atoms with Gasteiger partial charge in [0.15, 0.2) is 0 Å². The van der Waals surface area contributed by atoms with E-state index in [0.29, 0.717) is 16.8 Å². The Balaban J connectivity index is 2.28. The van der Waals surface area contributed by atoms with E-state index in [2.05, 4.69) is 32.6 Å². The van der Waals surface area contributed by atoms with Crippen LogP contribution in [0.2, 0.25) is 0 Å². The van der Waals surface area contributed by atoms with E-state index >= 15 is 0 Å². The number of hydrogen-bond donors (Lipinski definition) is 2. The van der Waals surface area contributed by atoms with E-state index in [9.17, 15) is 4.79 Å². The van der Waals surface area contributed by atoms with Crippen molar-refractivity contribution in [1.82, 2.24) is 0 Å². The van der Waals surface area contributed by atoms with Crippen molar-refractivity contribution in [2.45, 2.75) is 6.92 Å². The van der Waals surface area contributed by atoms with Crippen LogP contribution >= 0.6 is 15.9 Å². The van der Waals surface area contributed by atoms with Gasteiger partial charge in [-0.25, -0.2) is 0 Å². The van der Waals surface area contributed by atoms with Crippen LogP contribution in [0, 0.1) is 18.3 Å². The summed E-state index contributed by atoms with van der Waals surface area (Å²) < 4.78 is 0.804. The second-order valence-electron chi connectivity index (χ2n) is 4.54. The third kappa shape index (κ3) is 3.41. The first-order valence-electron chi connectivity index (χ1n) is 6.34. The summed E-state index contributed by atoms with van der Waals surface area (Å²) in [5.74, 6) is -0.240. The fourth-order valence-electron chi connectivity index (χ4n) is 2.00. The molecule has 0 aromatic heterocycles. The monoisotopic (exact) mass is 343 g/mol. The number of nitrogens with one attached hydrogen (secondary N) is 2. The van der Waals surface area contributed by atoms with Gasteiger partial charge in [-0.1, -0.05) is 15.9 Å². The molecule has 4 nitrogen and oxygen atoms in total. The number of nitrogens with zero attached hydrogens (tertiary/aromatic N) is 1. The smallest absolute Gasteiger partial charge is 0.255 e. The minimum absolute atomic E-state index is 0.240. The third-order valence-corrected chi connectivity index (χ3v) is 3.60. The Morgan fingerprint density at radius 1 is 1.19 bits per heavy atom. The number of nitriles is 1. The molecule has 0 radical (unpaired) electrons. The number of aryl methyl sites for hydroxylation is 1. The first kappa shape index (κ1) is 15.1. The SMILES string of the molecule is CNc1ccc(C(=O)Nc2cc(Br)ccc2C#N)cc1C. The first-order chi connectivity index (χ1) is 10.0. The summed E-state index contributed by atoms with van der Waals surface area (Å²) >= 11 is 3.33. The molecular weight excluding hydrogens is 330 g/mol. The molecule has 2 N–H and O–H groups in total. The lowest BCUT2D eigenvalue weighted by Crippen LogP contribution is -2.13. The van der Waals surface area contributed by atoms with Crippen molar-refractivity contribution < 1.29 is 4.79 Å². The average molecular weight is 344 g/mol. The average Bonchev–Trinajstić information content (AvgIpc) is 2.47. The molecule has 0 saturated carbocycles. The number of hydrogen-bond acceptors (Lipinski definition) is 3. The Labute approximate surface area is 131 Å². The van der Waals surface area contributed by atoms with Gasteiger partial charge in [0, 0.05) is 22.8 Å². The van der Waals surface area contributed by atoms with Gasteiger partial charge in [-0.3, -0.25) is 4.79 Å². The molecule has 0 saturated heterocycles. The summed E-state index contributed by atoms with van der Waals surface area (Å²) in [6, 6.07) is 12.6. The van der Waals surface area contributed by atoms with Crippen LogP contribution in [0.15, 0.2) is 40.9 Å². The summed E-state index contributed by atoms with van der Waals surface area (Å²) in [5, 5.41) is 14.9. The van der Waals surface area contributed by atoms with Crippen molar-refractivity contribution in [3.63, 3.8) is 0 Å². The second kappa shape index (κ2) is 6.42. The Morgan fingerprint density at radius 3 is 2.57 bits per heavy atom. The lowest BCUT2D eigenvalue weighted by atomic mass is 10.1. The lowest BCUT2D eigenvalue weighted by Gasteiger charge is -2.10. The second-order valence-corrected chi connectivity index (χ2v) is 5.45. The van der Waals surface area contributed by atoms with Crippen molar-refractivity contribution in [3.05, 3.63) is 57.6 Å². The van der Waals surface area contributed by atoms with Gasteiger partial charge in [0.05, 0.1) is 11.3 Å². The zero-order chi connectivity index (χ0) is 15.4. The van der Waals surface area contributed by atoms with Crippen molar-refractivity contribution in [1.29, 1.82) is 5.26 Å². The number of anilines is 2. The molecule has 2 rings (SSSR count). The molecule has 0 heterocycles. The quantitative estimate of drug-likeness (QED) is 0.887. The van der Waals surface area contributed by atoms with Gasteiger partial charge in [0.2, 0.25) is 0 Å². The van der Waals surface area contributed by atoms with Crippen LogP contribution in [0.3, 0.4) is 0 Å². The van der Waals surface area contributed by atoms with Gasteiger partial charge in [0.25, 0.3) is 5.91 Å². The Kier molecular flexibility index (Phi) is 4.61. The number of halogens is 1. The Hall–Kier alpha value is -2.32. The minimum atomic E-state index is -0.240. The fraction of sp³-hybridized carbons (Fsp3) is 0.125. The molecule has 0 bridgehead atoms. The summed E-state index contributed by atoms with van der Waals surface area (Å²) in [6.07, 6.45) is 0. The molecule has 2 aromatic rings. The highest BCUT2D eigenvalue weighted by Gasteiger charge is 2.11. The van der Waals surface area contributed by atoms with Crippen LogP contribution in [0.1, 0.15) is 21.5 Å². The highest BCUT2D eigenvalue weighted by Crippen LogP contribution is 2.22. The molecular formula is C16H14BrN3O. The van der Waals surface area contributed by atoms with Gasteiger partial charge >= 0.3 is 0 Å². The van der Waals surface area contributed by atoms with Crippen molar-refractivity contribution >= 4 is 33.2 Å². The Morgan fingerprint density at radius 2 is 1.95 bits per heavy atom. The lowest BCUT2D eigenvalue weighted by molar-refractivity contribution is 0.102. The van der Waals surface area contributed by atoms with E-state index < -0.39 is 0 Å². The van der Waals surface area contributed by atoms with Crippen LogP contribution in [0.5, 0.6) is 0 Å². The highest BCUT2D eigenvalue weighted by molar-refractivity contribution is 9.10. The predicted octanol–water partition coefficient (Wildman–Crippen LogP) is 3.92. The maximum absolute atomic E-state index is 12.3. The van der Waals surface area contributed by atoms with E-state index in [1.807, 2.05) is 26.1 Å². The standard InChI is InChI=1S/C16H14BrN3O/c1-10-7-11(4-6-14(10)19-2)16(21)20-15-8-13(17)5-3-12(15)9-18/h3-8,19H,1-2H3,(H,20,21). The first-order valence-corrected chi connectivity index (χ1v) is 7.14. The molecule has 0 aliphatic carbocycles. The van der Waals surface area contributed by atoms with Crippen LogP contribution in [-0.2, 0) is 0 Å². The predicted molar refractivity (Wildman–Crippen MR) is 87.5 cm³/mol. The van der Waals surface area contributed by atoms with Gasteiger partial charge in [-0.05, 0) is 48.9 Å². The summed E-state index contributed by atoms with van der Waals surface area (Å²) in [6.45, 7) is 1.93. The van der Waals surface area contributed by atoms with Crippen molar-refractivity contribution in [2.24, 2.45) is 0 Å². The van der Waals surface area contributed by atoms with E-state index in [1.54, 1.807) is 24.3 Å². The zero-order valence-electron chi connectivity index (χ0n) is 11.7. The summed E-state index contributed by atoms with van der Waals surface area (Å²) in [4.78, 5) is 12.3. The van der Waals surface area contributed by atoms with E-state index in [-0.39, 0.29) is 5.91 Å². The molecule has 1 amide bonds. The van der Waals surface area contributed by atoms with E-state index in [1.165, 1.54) is 0 Å². The molecule has 0 aliphatic heterocycles. The number of amides is 1. The molecule has 5 heteroatoms. The molecule has 0 unspecified atom stereocenters. The number of carbonyl (C=O) groups excluding carboxylic acids is 1. The topological polar surface area (TPSA) is 64.9 Å². The molecule has 106 valence electrons. The van der Waals surface area contributed by atoms with E-state index in [0.717, 1.165) is 15.7 Å². The summed E-state index contributed by atoms with van der Waals surface area (Å²) in [5.41, 5.74) is 3.43. The van der Waals surface area contributed by atoms with Gasteiger partial charge in [-0.15, -0.1) is 0 Å². The fourth-order valence-corrected chi connectivity index (χ4v) is 2.36. The van der Waals surface area contributed by atoms with Crippen LogP contribution in [0.4, 0.5) is 11.4 Å². The third-order valence-electron chi connectivity index (χ3n) is 3.11. The Bertz CT molecular complexity index is 735. The maximum Gasteiger partial charge on any atom is 0.255 e. The molecule has 0 spiro atoms. The molecule has 21 heavy (non-hydrogen) atoms. The number of benzene rings is 2. The van der Waals surface area contributed by atoms with Crippen LogP contribution in [0.25, 0.3) is 0 Å². The molecule has 0 aliphatic rings. The molecule has 0 fully saturated rings. The maximum atomic E-state index is 12.3. The largest absolute Gasteiger partial charge is 0.388 e. The normalized spacial score (nSPS) is 9.81. The van der Waals surface area contributed by atoms with Crippen LogP contribution < -0.4 is 10.6 Å². The minimum Gasteiger partial charge on any atom is -0.388 e. The number of carbonyl (C=O) groups is 1. The van der Waals surface area contributed by atoms with Gasteiger partial charge < -0.3 is 10.6 Å². The van der Waals surface area contributed by atoms with E-state index in [4.69, 9.17) is 5.26 Å². The summed E-state index contributed by atoms with van der Waals surface area (Å²) in [7, 11) is 1.84.